The molecule has 0 spiro atoms. The van der Waals surface area contributed by atoms with Gasteiger partial charge in [0.15, 0.2) is 0 Å². The molecule has 2 aliphatic heterocycles. The second-order valence-electron chi connectivity index (χ2n) is 7.41. The minimum Gasteiger partial charge on any atom is -0.362 e. The zero-order valence-electron chi connectivity index (χ0n) is 16.1. The third kappa shape index (κ3) is 4.15. The SMILES string of the molecule is O=C(CN1CCCc2cc(Cl)ccc21)N1CCN(c2ccccc2[N+](=O)[O-])CC1. The van der Waals surface area contributed by atoms with E-state index in [1.54, 1.807) is 18.2 Å². The van der Waals surface area contributed by atoms with Crippen LogP contribution in [0.5, 0.6) is 0 Å². The molecule has 0 saturated carbocycles. The van der Waals surface area contributed by atoms with E-state index in [1.165, 1.54) is 11.6 Å². The average molecular weight is 415 g/mol. The van der Waals surface area contributed by atoms with E-state index in [1.807, 2.05) is 28.0 Å². The Kier molecular flexibility index (Phi) is 5.58. The van der Waals surface area contributed by atoms with Crippen molar-refractivity contribution in [3.05, 3.63) is 63.2 Å². The lowest BCUT2D eigenvalue weighted by molar-refractivity contribution is -0.384. The monoisotopic (exact) mass is 414 g/mol. The van der Waals surface area contributed by atoms with Crippen molar-refractivity contribution in [1.29, 1.82) is 0 Å². The fraction of sp³-hybridized carbons (Fsp3) is 0.381. The Hall–Kier alpha value is -2.80. The number of hydrogen-bond donors (Lipinski definition) is 0. The molecule has 2 aromatic rings. The van der Waals surface area contributed by atoms with Gasteiger partial charge in [-0.15, -0.1) is 0 Å². The molecule has 1 saturated heterocycles. The molecule has 2 heterocycles. The normalized spacial score (nSPS) is 16.5. The van der Waals surface area contributed by atoms with Gasteiger partial charge >= 0.3 is 0 Å². The van der Waals surface area contributed by atoms with Gasteiger partial charge in [0.05, 0.1) is 11.5 Å². The lowest BCUT2D eigenvalue weighted by Gasteiger charge is -2.38. The molecule has 2 aromatic carbocycles. The summed E-state index contributed by atoms with van der Waals surface area (Å²) in [5, 5.41) is 12.0. The molecule has 0 atom stereocenters. The van der Waals surface area contributed by atoms with Crippen LogP contribution in [0, 0.1) is 10.1 Å². The smallest absolute Gasteiger partial charge is 0.292 e. The zero-order valence-corrected chi connectivity index (χ0v) is 16.8. The fourth-order valence-corrected chi connectivity index (χ4v) is 4.35. The fourth-order valence-electron chi connectivity index (χ4n) is 4.15. The minimum atomic E-state index is -0.354. The molecular formula is C21H23ClN4O3. The number of carbonyl (C=O) groups is 1. The summed E-state index contributed by atoms with van der Waals surface area (Å²) < 4.78 is 0. The summed E-state index contributed by atoms with van der Waals surface area (Å²) in [4.78, 5) is 29.8. The molecule has 152 valence electrons. The standard InChI is InChI=1S/C21H23ClN4O3/c22-17-7-8-18-16(14-17)4-3-9-25(18)15-21(27)24-12-10-23(11-13-24)19-5-1-2-6-20(19)26(28)29/h1-2,5-8,14H,3-4,9-13,15H2. The average Bonchev–Trinajstić information content (AvgIpc) is 2.73. The second-order valence-corrected chi connectivity index (χ2v) is 7.85. The maximum Gasteiger partial charge on any atom is 0.292 e. The number of para-hydroxylation sites is 2. The molecule has 7 nitrogen and oxygen atoms in total. The van der Waals surface area contributed by atoms with Crippen LogP contribution in [0.3, 0.4) is 0 Å². The molecule has 0 aliphatic carbocycles. The summed E-state index contributed by atoms with van der Waals surface area (Å²) in [6.45, 7) is 3.50. The summed E-state index contributed by atoms with van der Waals surface area (Å²) in [6, 6.07) is 12.6. The van der Waals surface area contributed by atoms with Crippen LogP contribution in [0.15, 0.2) is 42.5 Å². The van der Waals surface area contributed by atoms with Crippen LogP contribution < -0.4 is 9.80 Å². The summed E-state index contributed by atoms with van der Waals surface area (Å²) in [7, 11) is 0. The Morgan fingerprint density at radius 1 is 1.03 bits per heavy atom. The molecule has 29 heavy (non-hydrogen) atoms. The number of halogens is 1. The Bertz CT molecular complexity index is 928. The van der Waals surface area contributed by atoms with Crippen molar-refractivity contribution in [2.45, 2.75) is 12.8 Å². The first-order valence-electron chi connectivity index (χ1n) is 9.82. The number of carbonyl (C=O) groups excluding carboxylic acids is 1. The summed E-state index contributed by atoms with van der Waals surface area (Å²) >= 11 is 6.11. The predicted octanol–water partition coefficient (Wildman–Crippen LogP) is 3.35. The molecule has 0 radical (unpaired) electrons. The second kappa shape index (κ2) is 8.29. The molecule has 0 aromatic heterocycles. The number of benzene rings is 2. The van der Waals surface area contributed by atoms with E-state index in [0.717, 1.165) is 30.1 Å². The molecule has 8 heteroatoms. The van der Waals surface area contributed by atoms with Gasteiger partial charge in [-0.3, -0.25) is 14.9 Å². The molecule has 0 N–H and O–H groups in total. The Morgan fingerprint density at radius 3 is 2.55 bits per heavy atom. The Morgan fingerprint density at radius 2 is 1.79 bits per heavy atom. The van der Waals surface area contributed by atoms with E-state index in [-0.39, 0.29) is 16.5 Å². The van der Waals surface area contributed by atoms with Gasteiger partial charge in [-0.1, -0.05) is 23.7 Å². The van der Waals surface area contributed by atoms with Crippen LogP contribution in [0.25, 0.3) is 0 Å². The number of fused-ring (bicyclic) bond motifs is 1. The highest BCUT2D eigenvalue weighted by Gasteiger charge is 2.27. The van der Waals surface area contributed by atoms with Crippen LogP contribution in [0.4, 0.5) is 17.1 Å². The van der Waals surface area contributed by atoms with Crippen molar-refractivity contribution >= 4 is 34.6 Å². The maximum atomic E-state index is 12.9. The number of hydrogen-bond acceptors (Lipinski definition) is 5. The van der Waals surface area contributed by atoms with Crippen LogP contribution >= 0.6 is 11.6 Å². The van der Waals surface area contributed by atoms with Gasteiger partial charge in [0.2, 0.25) is 5.91 Å². The molecule has 1 amide bonds. The Balaban J connectivity index is 1.39. The van der Waals surface area contributed by atoms with Crippen molar-refractivity contribution in [2.24, 2.45) is 0 Å². The van der Waals surface area contributed by atoms with E-state index in [4.69, 9.17) is 11.6 Å². The van der Waals surface area contributed by atoms with Gasteiger partial charge in [-0.05, 0) is 42.7 Å². The van der Waals surface area contributed by atoms with Gasteiger partial charge in [0, 0.05) is 49.5 Å². The summed E-state index contributed by atoms with van der Waals surface area (Å²) in [5.41, 5.74) is 3.01. The predicted molar refractivity (Wildman–Crippen MR) is 114 cm³/mol. The van der Waals surface area contributed by atoms with Crippen molar-refractivity contribution in [3.8, 4) is 0 Å². The van der Waals surface area contributed by atoms with Crippen LogP contribution in [-0.2, 0) is 11.2 Å². The van der Waals surface area contributed by atoms with E-state index in [2.05, 4.69) is 4.90 Å². The van der Waals surface area contributed by atoms with E-state index in [9.17, 15) is 14.9 Å². The topological polar surface area (TPSA) is 69.9 Å². The van der Waals surface area contributed by atoms with Crippen molar-refractivity contribution < 1.29 is 9.72 Å². The van der Waals surface area contributed by atoms with Gasteiger partial charge in [-0.25, -0.2) is 0 Å². The number of nitrogens with zero attached hydrogens (tertiary/aromatic N) is 4. The quantitative estimate of drug-likeness (QED) is 0.566. The van der Waals surface area contributed by atoms with Crippen molar-refractivity contribution in [2.75, 3.05) is 49.1 Å². The summed E-state index contributed by atoms with van der Waals surface area (Å²) in [5.74, 6) is 0.0926. The maximum absolute atomic E-state index is 12.9. The lowest BCUT2D eigenvalue weighted by atomic mass is 10.0. The minimum absolute atomic E-state index is 0.0926. The highest BCUT2D eigenvalue weighted by Crippen LogP contribution is 2.30. The van der Waals surface area contributed by atoms with Gasteiger partial charge < -0.3 is 14.7 Å². The number of aryl methyl sites for hydroxylation is 1. The first kappa shape index (κ1) is 19.5. The molecule has 0 unspecified atom stereocenters. The molecule has 0 bridgehead atoms. The van der Waals surface area contributed by atoms with E-state index in [0.29, 0.717) is 38.4 Å². The lowest BCUT2D eigenvalue weighted by Crippen LogP contribution is -2.51. The van der Waals surface area contributed by atoms with E-state index < -0.39 is 0 Å². The highest BCUT2D eigenvalue weighted by molar-refractivity contribution is 6.30. The Labute approximate surface area is 174 Å². The first-order chi connectivity index (χ1) is 14.0. The van der Waals surface area contributed by atoms with Gasteiger partial charge in [0.25, 0.3) is 5.69 Å². The third-order valence-corrected chi connectivity index (χ3v) is 5.87. The van der Waals surface area contributed by atoms with Crippen molar-refractivity contribution in [3.63, 3.8) is 0 Å². The molecule has 1 fully saturated rings. The number of nitro benzene ring substituents is 1. The van der Waals surface area contributed by atoms with Crippen LogP contribution in [0.1, 0.15) is 12.0 Å². The van der Waals surface area contributed by atoms with Gasteiger partial charge in [-0.2, -0.15) is 0 Å². The van der Waals surface area contributed by atoms with Crippen LogP contribution in [-0.4, -0.2) is 55.0 Å². The number of rotatable bonds is 4. The van der Waals surface area contributed by atoms with E-state index >= 15 is 0 Å². The number of amides is 1. The molecular weight excluding hydrogens is 392 g/mol. The summed E-state index contributed by atoms with van der Waals surface area (Å²) in [6.07, 6.45) is 1.99. The zero-order chi connectivity index (χ0) is 20.4. The van der Waals surface area contributed by atoms with Gasteiger partial charge in [0.1, 0.15) is 5.69 Å². The van der Waals surface area contributed by atoms with Crippen molar-refractivity contribution in [1.82, 2.24) is 4.90 Å². The molecule has 4 rings (SSSR count). The highest BCUT2D eigenvalue weighted by atomic mass is 35.5. The third-order valence-electron chi connectivity index (χ3n) is 5.63. The molecule has 2 aliphatic rings. The number of piperazine rings is 1. The number of anilines is 2. The van der Waals surface area contributed by atoms with Crippen LogP contribution in [0.2, 0.25) is 5.02 Å². The largest absolute Gasteiger partial charge is 0.362 e. The number of nitro groups is 1. The first-order valence-corrected chi connectivity index (χ1v) is 10.2.